The molecule has 2 aromatic heterocycles. The number of halogens is 1. The fraction of sp³-hybridized carbons (Fsp3) is 0.273. The van der Waals surface area contributed by atoms with E-state index >= 15 is 0 Å². The quantitative estimate of drug-likeness (QED) is 0.383. The molecule has 172 valence electrons. The molecule has 0 fully saturated rings. The highest BCUT2D eigenvalue weighted by atomic mass is 35.5. The number of benzene rings is 1. The molecule has 3 aromatic rings. The van der Waals surface area contributed by atoms with Gasteiger partial charge in [0.15, 0.2) is 0 Å². The maximum Gasteiger partial charge on any atom is 0.270 e. The molecule has 0 aliphatic rings. The van der Waals surface area contributed by atoms with Gasteiger partial charge < -0.3 is 10.6 Å². The van der Waals surface area contributed by atoms with Crippen LogP contribution >= 0.6 is 11.6 Å². The molecule has 2 heterocycles. The van der Waals surface area contributed by atoms with Crippen molar-refractivity contribution < 1.29 is 14.5 Å². The van der Waals surface area contributed by atoms with Crippen molar-refractivity contribution in [1.82, 2.24) is 25.2 Å². The number of nitro benzene ring substituents is 1. The fourth-order valence-electron chi connectivity index (χ4n) is 3.18. The summed E-state index contributed by atoms with van der Waals surface area (Å²) in [4.78, 5) is 44.3. The number of imidazole rings is 1. The van der Waals surface area contributed by atoms with Gasteiger partial charge >= 0.3 is 0 Å². The van der Waals surface area contributed by atoms with E-state index in [4.69, 9.17) is 11.6 Å². The Labute approximate surface area is 195 Å². The molecule has 0 saturated heterocycles. The van der Waals surface area contributed by atoms with Gasteiger partial charge in [0.05, 0.1) is 15.5 Å². The summed E-state index contributed by atoms with van der Waals surface area (Å²) in [5.74, 6) is 0.293. The summed E-state index contributed by atoms with van der Waals surface area (Å²) in [6.07, 6.45) is 5.13. The van der Waals surface area contributed by atoms with E-state index in [0.29, 0.717) is 5.82 Å². The highest BCUT2D eigenvalue weighted by Gasteiger charge is 2.26. The second-order valence-electron chi connectivity index (χ2n) is 7.70. The van der Waals surface area contributed by atoms with E-state index in [2.05, 4.69) is 20.6 Å². The van der Waals surface area contributed by atoms with Gasteiger partial charge in [-0.25, -0.2) is 9.97 Å². The fourth-order valence-corrected chi connectivity index (χ4v) is 3.44. The minimum absolute atomic E-state index is 0.0511. The van der Waals surface area contributed by atoms with Crippen LogP contribution in [0.5, 0.6) is 0 Å². The van der Waals surface area contributed by atoms with Gasteiger partial charge in [-0.3, -0.25) is 24.3 Å². The molecule has 1 atom stereocenters. The van der Waals surface area contributed by atoms with E-state index in [9.17, 15) is 19.7 Å². The van der Waals surface area contributed by atoms with Crippen molar-refractivity contribution in [2.75, 3.05) is 0 Å². The Morgan fingerprint density at radius 1 is 1.18 bits per heavy atom. The molecular formula is C22H23ClN6O4. The number of rotatable bonds is 8. The minimum atomic E-state index is -0.832. The average molecular weight is 471 g/mol. The Balaban J connectivity index is 1.68. The summed E-state index contributed by atoms with van der Waals surface area (Å²) in [7, 11) is 0. The highest BCUT2D eigenvalue weighted by molar-refractivity contribution is 6.34. The van der Waals surface area contributed by atoms with Crippen molar-refractivity contribution in [3.63, 3.8) is 0 Å². The number of aromatic nitrogens is 3. The first-order valence-electron chi connectivity index (χ1n) is 10.1. The zero-order chi connectivity index (χ0) is 24.1. The number of nitrogens with zero attached hydrogens (tertiary/aromatic N) is 4. The number of pyridine rings is 1. The Hall–Kier alpha value is -3.79. The topological polar surface area (TPSA) is 132 Å². The Morgan fingerprint density at radius 2 is 1.94 bits per heavy atom. The monoisotopic (exact) mass is 470 g/mol. The van der Waals surface area contributed by atoms with E-state index in [1.807, 2.05) is 17.6 Å². The molecule has 33 heavy (non-hydrogen) atoms. The molecule has 10 nitrogen and oxygen atoms in total. The molecule has 0 saturated carbocycles. The van der Waals surface area contributed by atoms with Crippen molar-refractivity contribution in [3.05, 3.63) is 81.0 Å². The Morgan fingerprint density at radius 3 is 2.55 bits per heavy atom. The SMILES string of the molecule is Cc1nccn1-c1cc(CNC(=O)C(NC(=O)c2ccc([N+](=O)[O-])cc2Cl)C(C)C)ccn1. The minimum Gasteiger partial charge on any atom is -0.350 e. The van der Waals surface area contributed by atoms with Crippen LogP contribution in [0.3, 0.4) is 0 Å². The van der Waals surface area contributed by atoms with Gasteiger partial charge in [-0.05, 0) is 36.6 Å². The number of carbonyl (C=O) groups excluding carboxylic acids is 2. The summed E-state index contributed by atoms with van der Waals surface area (Å²) in [6.45, 7) is 5.70. The van der Waals surface area contributed by atoms with Crippen LogP contribution in [0.25, 0.3) is 5.82 Å². The molecule has 0 aliphatic carbocycles. The predicted octanol–water partition coefficient (Wildman–Crippen LogP) is 3.21. The van der Waals surface area contributed by atoms with Gasteiger partial charge in [0.2, 0.25) is 5.91 Å². The third-order valence-corrected chi connectivity index (χ3v) is 5.31. The number of hydrogen-bond acceptors (Lipinski definition) is 6. The average Bonchev–Trinajstić information content (AvgIpc) is 3.21. The molecule has 0 radical (unpaired) electrons. The molecule has 1 aromatic carbocycles. The lowest BCUT2D eigenvalue weighted by atomic mass is 10.0. The van der Waals surface area contributed by atoms with Gasteiger partial charge in [0, 0.05) is 37.3 Å². The van der Waals surface area contributed by atoms with Crippen LogP contribution in [-0.2, 0) is 11.3 Å². The molecular weight excluding hydrogens is 448 g/mol. The van der Waals surface area contributed by atoms with Crippen LogP contribution in [0, 0.1) is 23.0 Å². The molecule has 0 spiro atoms. The first kappa shape index (κ1) is 23.9. The number of nitro groups is 1. The van der Waals surface area contributed by atoms with E-state index in [-0.39, 0.29) is 34.6 Å². The van der Waals surface area contributed by atoms with Crippen LogP contribution < -0.4 is 10.6 Å². The van der Waals surface area contributed by atoms with Gasteiger partial charge in [-0.2, -0.15) is 0 Å². The summed E-state index contributed by atoms with van der Waals surface area (Å²) in [5, 5.41) is 16.3. The number of carbonyl (C=O) groups is 2. The maximum atomic E-state index is 12.8. The van der Waals surface area contributed by atoms with E-state index in [1.54, 1.807) is 38.5 Å². The summed E-state index contributed by atoms with van der Waals surface area (Å²) < 4.78 is 1.83. The smallest absolute Gasteiger partial charge is 0.270 e. The molecule has 1 unspecified atom stereocenters. The van der Waals surface area contributed by atoms with Crippen LogP contribution in [0.15, 0.2) is 48.9 Å². The van der Waals surface area contributed by atoms with Crippen molar-refractivity contribution in [1.29, 1.82) is 0 Å². The summed E-state index contributed by atoms with van der Waals surface area (Å²) >= 11 is 6.04. The van der Waals surface area contributed by atoms with Gasteiger partial charge in [0.25, 0.3) is 11.6 Å². The van der Waals surface area contributed by atoms with Gasteiger partial charge in [-0.15, -0.1) is 0 Å². The lowest BCUT2D eigenvalue weighted by molar-refractivity contribution is -0.384. The molecule has 0 aliphatic heterocycles. The maximum absolute atomic E-state index is 12.8. The van der Waals surface area contributed by atoms with Crippen molar-refractivity contribution in [2.24, 2.45) is 5.92 Å². The van der Waals surface area contributed by atoms with Gasteiger partial charge in [0.1, 0.15) is 17.7 Å². The first-order chi connectivity index (χ1) is 15.7. The zero-order valence-electron chi connectivity index (χ0n) is 18.3. The summed E-state index contributed by atoms with van der Waals surface area (Å²) in [6, 6.07) is 6.35. The molecule has 11 heteroatoms. The third-order valence-electron chi connectivity index (χ3n) is 4.99. The lowest BCUT2D eigenvalue weighted by Gasteiger charge is -2.22. The third kappa shape index (κ3) is 5.72. The molecule has 2 N–H and O–H groups in total. The van der Waals surface area contributed by atoms with Crippen LogP contribution in [-0.4, -0.2) is 37.3 Å². The molecule has 2 amide bonds. The van der Waals surface area contributed by atoms with Crippen molar-refractivity contribution in [2.45, 2.75) is 33.4 Å². The van der Waals surface area contributed by atoms with Crippen LogP contribution in [0.2, 0.25) is 5.02 Å². The van der Waals surface area contributed by atoms with Crippen LogP contribution in [0.4, 0.5) is 5.69 Å². The van der Waals surface area contributed by atoms with E-state index < -0.39 is 16.9 Å². The normalized spacial score (nSPS) is 11.8. The number of non-ortho nitro benzene ring substituents is 1. The lowest BCUT2D eigenvalue weighted by Crippen LogP contribution is -2.49. The molecule has 3 rings (SSSR count). The van der Waals surface area contributed by atoms with E-state index in [1.165, 1.54) is 12.1 Å². The van der Waals surface area contributed by atoms with Gasteiger partial charge in [-0.1, -0.05) is 25.4 Å². The Kier molecular flexibility index (Phi) is 7.39. The second-order valence-corrected chi connectivity index (χ2v) is 8.11. The largest absolute Gasteiger partial charge is 0.350 e. The Bertz CT molecular complexity index is 1190. The standard InChI is InChI=1S/C22H23ClN6O4/c1-13(2)20(27-21(30)17-5-4-16(29(32)33)11-18(17)23)22(31)26-12-15-6-7-25-19(10-15)28-9-8-24-14(28)3/h4-11,13,20H,12H2,1-3H3,(H,26,31)(H,27,30). The highest BCUT2D eigenvalue weighted by Crippen LogP contribution is 2.22. The second kappa shape index (κ2) is 10.2. The zero-order valence-corrected chi connectivity index (χ0v) is 19.0. The number of nitrogens with one attached hydrogen (secondary N) is 2. The summed E-state index contributed by atoms with van der Waals surface area (Å²) in [5.41, 5.74) is 0.654. The van der Waals surface area contributed by atoms with E-state index in [0.717, 1.165) is 17.5 Å². The number of amides is 2. The number of aryl methyl sites for hydroxylation is 1. The predicted molar refractivity (Wildman–Crippen MR) is 122 cm³/mol. The van der Waals surface area contributed by atoms with Crippen LogP contribution in [0.1, 0.15) is 35.6 Å². The molecule has 0 bridgehead atoms. The number of hydrogen-bond donors (Lipinski definition) is 2. The van der Waals surface area contributed by atoms with Crippen molar-refractivity contribution in [3.8, 4) is 5.82 Å². The first-order valence-corrected chi connectivity index (χ1v) is 10.5. The van der Waals surface area contributed by atoms with Crippen molar-refractivity contribution >= 4 is 29.1 Å².